The number of rotatable bonds is 12. The van der Waals surface area contributed by atoms with Gasteiger partial charge in [-0.05, 0) is 71.2 Å². The van der Waals surface area contributed by atoms with Crippen LogP contribution in [0.4, 0.5) is 4.79 Å². The first kappa shape index (κ1) is 30.7. The lowest BCUT2D eigenvalue weighted by Crippen LogP contribution is -2.52. The molecule has 3 amide bonds. The fourth-order valence-corrected chi connectivity index (χ4v) is 3.43. The molecule has 1 rings (SSSR count). The molecule has 0 aromatic heterocycles. The van der Waals surface area contributed by atoms with Crippen LogP contribution < -0.4 is 10.6 Å². The standard InChI is InChI=1S/C26H41N3O7/c1-8-10-15-29(24(33)18(4)28-25(34)36-26(5,6)7)22(19-11-12-20(30)17(3)16-19)23(32)27-14-13-21(31)35-9-2/h11-12,16,18,22,30H,8-10,13-15H2,1-7H3,(H,27,32)(H,28,34). The Balaban J connectivity index is 3.27. The average molecular weight is 508 g/mol. The molecule has 0 heterocycles. The van der Waals surface area contributed by atoms with Gasteiger partial charge in [0.15, 0.2) is 0 Å². The van der Waals surface area contributed by atoms with Gasteiger partial charge in [0.1, 0.15) is 23.4 Å². The number of benzene rings is 1. The molecular weight excluding hydrogens is 466 g/mol. The van der Waals surface area contributed by atoms with Crippen LogP contribution in [0.5, 0.6) is 5.75 Å². The molecule has 0 fully saturated rings. The van der Waals surface area contributed by atoms with Gasteiger partial charge in [-0.15, -0.1) is 0 Å². The first-order valence-electron chi connectivity index (χ1n) is 12.3. The van der Waals surface area contributed by atoms with E-state index in [9.17, 15) is 24.3 Å². The number of ether oxygens (including phenoxy) is 2. The lowest BCUT2D eigenvalue weighted by molar-refractivity contribution is -0.144. The molecule has 0 saturated carbocycles. The molecule has 0 aliphatic carbocycles. The Labute approximate surface area is 213 Å². The molecule has 2 unspecified atom stereocenters. The molecule has 1 aromatic carbocycles. The number of hydrogen-bond acceptors (Lipinski definition) is 7. The number of amides is 3. The van der Waals surface area contributed by atoms with Gasteiger partial charge < -0.3 is 30.1 Å². The summed E-state index contributed by atoms with van der Waals surface area (Å²) >= 11 is 0. The molecule has 3 N–H and O–H groups in total. The maximum atomic E-state index is 13.5. The van der Waals surface area contributed by atoms with Gasteiger partial charge in [-0.2, -0.15) is 0 Å². The highest BCUT2D eigenvalue weighted by molar-refractivity contribution is 5.92. The summed E-state index contributed by atoms with van der Waals surface area (Å²) in [7, 11) is 0. The number of hydrogen-bond donors (Lipinski definition) is 3. The van der Waals surface area contributed by atoms with E-state index in [-0.39, 0.29) is 31.9 Å². The van der Waals surface area contributed by atoms with Gasteiger partial charge in [0.25, 0.3) is 0 Å². The zero-order chi connectivity index (χ0) is 27.5. The summed E-state index contributed by atoms with van der Waals surface area (Å²) in [5, 5.41) is 15.3. The van der Waals surface area contributed by atoms with Crippen LogP contribution in [-0.4, -0.2) is 65.2 Å². The minimum Gasteiger partial charge on any atom is -0.508 e. The number of alkyl carbamates (subject to hydrolysis) is 1. The summed E-state index contributed by atoms with van der Waals surface area (Å²) in [6.45, 7) is 12.6. The van der Waals surface area contributed by atoms with Gasteiger partial charge >= 0.3 is 12.1 Å². The second-order valence-corrected chi connectivity index (χ2v) is 9.55. The SMILES string of the molecule is CCCCN(C(=O)C(C)NC(=O)OC(C)(C)C)C(C(=O)NCCC(=O)OCC)c1ccc(O)c(C)c1. The Morgan fingerprint density at radius 2 is 1.81 bits per heavy atom. The van der Waals surface area contributed by atoms with E-state index in [4.69, 9.17) is 9.47 Å². The largest absolute Gasteiger partial charge is 0.508 e. The van der Waals surface area contributed by atoms with Gasteiger partial charge in [0.05, 0.1) is 13.0 Å². The van der Waals surface area contributed by atoms with Crippen molar-refractivity contribution in [1.82, 2.24) is 15.5 Å². The Bertz CT molecular complexity index is 911. The fourth-order valence-electron chi connectivity index (χ4n) is 3.43. The highest BCUT2D eigenvalue weighted by Crippen LogP contribution is 2.27. The second-order valence-electron chi connectivity index (χ2n) is 9.55. The van der Waals surface area contributed by atoms with Gasteiger partial charge in [0.2, 0.25) is 11.8 Å². The van der Waals surface area contributed by atoms with E-state index in [1.54, 1.807) is 46.8 Å². The summed E-state index contributed by atoms with van der Waals surface area (Å²) in [5.74, 6) is -1.33. The summed E-state index contributed by atoms with van der Waals surface area (Å²) in [6, 6.07) is 2.67. The van der Waals surface area contributed by atoms with E-state index in [0.29, 0.717) is 17.5 Å². The van der Waals surface area contributed by atoms with Crippen molar-refractivity contribution < 1.29 is 33.8 Å². The van der Waals surface area contributed by atoms with Gasteiger partial charge in [0, 0.05) is 13.1 Å². The van der Waals surface area contributed by atoms with Crippen molar-refractivity contribution in [2.24, 2.45) is 0 Å². The number of unbranched alkanes of at least 4 members (excludes halogenated alkanes) is 1. The van der Waals surface area contributed by atoms with Crippen molar-refractivity contribution in [2.45, 2.75) is 85.4 Å². The van der Waals surface area contributed by atoms with Crippen LogP contribution >= 0.6 is 0 Å². The van der Waals surface area contributed by atoms with Crippen LogP contribution in [0.3, 0.4) is 0 Å². The molecule has 202 valence electrons. The number of phenolic OH excluding ortho intramolecular Hbond substituents is 1. The highest BCUT2D eigenvalue weighted by atomic mass is 16.6. The van der Waals surface area contributed by atoms with Crippen molar-refractivity contribution in [3.8, 4) is 5.75 Å². The van der Waals surface area contributed by atoms with E-state index in [0.717, 1.165) is 6.42 Å². The minimum absolute atomic E-state index is 0.0135. The molecule has 0 aliphatic heterocycles. The summed E-state index contributed by atoms with van der Waals surface area (Å²) in [6.07, 6.45) is 0.632. The summed E-state index contributed by atoms with van der Waals surface area (Å²) in [5.41, 5.74) is 0.298. The van der Waals surface area contributed by atoms with Crippen molar-refractivity contribution in [1.29, 1.82) is 0 Å². The number of nitrogens with one attached hydrogen (secondary N) is 2. The first-order valence-corrected chi connectivity index (χ1v) is 12.3. The van der Waals surface area contributed by atoms with Gasteiger partial charge in [-0.25, -0.2) is 4.79 Å². The third-order valence-corrected chi connectivity index (χ3v) is 5.17. The second kappa shape index (κ2) is 14.3. The smallest absolute Gasteiger partial charge is 0.408 e. The van der Waals surface area contributed by atoms with Crippen LogP contribution in [0.15, 0.2) is 18.2 Å². The van der Waals surface area contributed by atoms with Crippen molar-refractivity contribution in [2.75, 3.05) is 19.7 Å². The van der Waals surface area contributed by atoms with Crippen LogP contribution in [0.25, 0.3) is 0 Å². The van der Waals surface area contributed by atoms with E-state index in [2.05, 4.69) is 10.6 Å². The lowest BCUT2D eigenvalue weighted by Gasteiger charge is -2.34. The maximum absolute atomic E-state index is 13.5. The van der Waals surface area contributed by atoms with E-state index in [1.807, 2.05) is 6.92 Å². The zero-order valence-corrected chi connectivity index (χ0v) is 22.5. The molecule has 1 aromatic rings. The van der Waals surface area contributed by atoms with E-state index >= 15 is 0 Å². The number of aromatic hydroxyl groups is 1. The number of esters is 1. The van der Waals surface area contributed by atoms with Gasteiger partial charge in [-0.1, -0.05) is 19.4 Å². The van der Waals surface area contributed by atoms with Gasteiger partial charge in [-0.3, -0.25) is 14.4 Å². The fraction of sp³-hybridized carbons (Fsp3) is 0.615. The van der Waals surface area contributed by atoms with Crippen LogP contribution in [0, 0.1) is 6.92 Å². The van der Waals surface area contributed by atoms with Crippen LogP contribution in [0.1, 0.15) is 78.0 Å². The Hall–Kier alpha value is -3.30. The zero-order valence-electron chi connectivity index (χ0n) is 22.5. The molecule has 0 bridgehead atoms. The molecular formula is C26H41N3O7. The number of nitrogens with zero attached hydrogens (tertiary/aromatic N) is 1. The Morgan fingerprint density at radius 1 is 1.14 bits per heavy atom. The van der Waals surface area contributed by atoms with Crippen LogP contribution in [-0.2, 0) is 23.9 Å². The minimum atomic E-state index is -1.05. The van der Waals surface area contributed by atoms with Crippen LogP contribution in [0.2, 0.25) is 0 Å². The van der Waals surface area contributed by atoms with E-state index in [1.165, 1.54) is 17.9 Å². The highest BCUT2D eigenvalue weighted by Gasteiger charge is 2.34. The monoisotopic (exact) mass is 507 g/mol. The molecule has 10 heteroatoms. The molecule has 10 nitrogen and oxygen atoms in total. The summed E-state index contributed by atoms with van der Waals surface area (Å²) < 4.78 is 10.2. The molecule has 0 aliphatic rings. The predicted octanol–water partition coefficient (Wildman–Crippen LogP) is 3.35. The molecule has 2 atom stereocenters. The first-order chi connectivity index (χ1) is 16.8. The topological polar surface area (TPSA) is 134 Å². The maximum Gasteiger partial charge on any atom is 0.408 e. The quantitative estimate of drug-likeness (QED) is 0.369. The normalized spacial score (nSPS) is 12.8. The third kappa shape index (κ3) is 10.1. The lowest BCUT2D eigenvalue weighted by atomic mass is 10.00. The Kier molecular flexibility index (Phi) is 12.2. The molecule has 0 radical (unpaired) electrons. The van der Waals surface area contributed by atoms with Crippen molar-refractivity contribution >= 4 is 23.9 Å². The number of aryl methyl sites for hydroxylation is 1. The predicted molar refractivity (Wildman–Crippen MR) is 135 cm³/mol. The molecule has 36 heavy (non-hydrogen) atoms. The third-order valence-electron chi connectivity index (χ3n) is 5.17. The number of phenols is 1. The molecule has 0 spiro atoms. The van der Waals surface area contributed by atoms with E-state index < -0.39 is 41.6 Å². The van der Waals surface area contributed by atoms with Crippen molar-refractivity contribution in [3.05, 3.63) is 29.3 Å². The summed E-state index contributed by atoms with van der Waals surface area (Å²) in [4.78, 5) is 52.3. The number of carbonyl (C=O) groups excluding carboxylic acids is 4. The average Bonchev–Trinajstić information content (AvgIpc) is 2.76. The Morgan fingerprint density at radius 3 is 2.36 bits per heavy atom. The number of carbonyl (C=O) groups is 4. The molecule has 0 saturated heterocycles. The van der Waals surface area contributed by atoms with Crippen molar-refractivity contribution in [3.63, 3.8) is 0 Å².